The summed E-state index contributed by atoms with van der Waals surface area (Å²) in [6.07, 6.45) is 10.1. The molecule has 1 aromatic rings. The van der Waals surface area contributed by atoms with E-state index >= 15 is 0 Å². The lowest BCUT2D eigenvalue weighted by molar-refractivity contribution is -0.0976. The van der Waals surface area contributed by atoms with Gasteiger partial charge in [0.15, 0.2) is 5.78 Å². The van der Waals surface area contributed by atoms with Crippen molar-refractivity contribution < 1.29 is 14.3 Å². The third-order valence-electron chi connectivity index (χ3n) is 9.66. The maximum Gasteiger partial charge on any atom is 0.166 e. The van der Waals surface area contributed by atoms with Crippen LogP contribution >= 0.6 is 0 Å². The molecule has 29 heavy (non-hydrogen) atoms. The minimum atomic E-state index is -0.465. The van der Waals surface area contributed by atoms with Gasteiger partial charge in [-0.1, -0.05) is 19.1 Å². The number of Topliss-reactive ketones (excluding diaryl/α,β-unsaturated/α-hetero) is 1. The molecule has 0 aliphatic heterocycles. The fourth-order valence-electron chi connectivity index (χ4n) is 8.36. The van der Waals surface area contributed by atoms with Crippen LogP contribution in [0, 0.1) is 46.7 Å². The maximum atomic E-state index is 13.7. The van der Waals surface area contributed by atoms with Crippen LogP contribution in [0.25, 0.3) is 0 Å². The Balaban J connectivity index is 1.37. The molecular formula is C26H35FO2. The maximum absolute atomic E-state index is 13.7. The molecule has 0 aromatic heterocycles. The zero-order valence-corrected chi connectivity index (χ0v) is 17.9. The number of hydrogen-bond acceptors (Lipinski definition) is 2. The van der Waals surface area contributed by atoms with E-state index in [1.807, 2.05) is 6.92 Å². The second-order valence-corrected chi connectivity index (χ2v) is 11.2. The van der Waals surface area contributed by atoms with Gasteiger partial charge in [-0.2, -0.15) is 0 Å². The first kappa shape index (κ1) is 19.7. The standard InChI is InChI=1S/C26H35FO2/c1-25(29)12-10-19-17(15-25)6-7-21-20(19)11-13-26(2)22(21)8-9-23(26)24(28)16-4-3-5-18(27)14-16/h3-5,14,17,19-23,29H,6-13,15H2,1-2H3/t17-,19+,20-,21-,22+,23-,25-,26+/m1/s1. The Bertz CT molecular complexity index is 802. The average molecular weight is 399 g/mol. The summed E-state index contributed by atoms with van der Waals surface area (Å²) in [5.41, 5.74) is 0.155. The summed E-state index contributed by atoms with van der Waals surface area (Å²) in [6, 6.07) is 6.28. The van der Waals surface area contributed by atoms with E-state index in [-0.39, 0.29) is 22.9 Å². The van der Waals surface area contributed by atoms with Gasteiger partial charge in [-0.05, 0) is 112 Å². The summed E-state index contributed by atoms with van der Waals surface area (Å²) in [5, 5.41) is 10.6. The molecule has 0 amide bonds. The molecule has 1 N–H and O–H groups in total. The largest absolute Gasteiger partial charge is 0.390 e. The van der Waals surface area contributed by atoms with Crippen molar-refractivity contribution in [3.8, 4) is 0 Å². The summed E-state index contributed by atoms with van der Waals surface area (Å²) in [5.74, 6) is 3.51. The lowest BCUT2D eigenvalue weighted by Gasteiger charge is -2.56. The number of halogens is 1. The highest BCUT2D eigenvalue weighted by atomic mass is 19.1. The molecule has 4 fully saturated rings. The van der Waals surface area contributed by atoms with E-state index in [4.69, 9.17) is 0 Å². The van der Waals surface area contributed by atoms with Crippen LogP contribution in [-0.2, 0) is 0 Å². The molecule has 4 aliphatic rings. The van der Waals surface area contributed by atoms with Gasteiger partial charge in [0.1, 0.15) is 5.82 Å². The highest BCUT2D eigenvalue weighted by Crippen LogP contribution is 2.64. The van der Waals surface area contributed by atoms with Crippen molar-refractivity contribution in [2.24, 2.45) is 40.9 Å². The second kappa shape index (κ2) is 6.90. The molecule has 4 aliphatic carbocycles. The lowest BCUT2D eigenvalue weighted by Crippen LogP contribution is -2.51. The van der Waals surface area contributed by atoms with Crippen LogP contribution < -0.4 is 0 Å². The summed E-state index contributed by atoms with van der Waals surface area (Å²) in [7, 11) is 0. The van der Waals surface area contributed by atoms with Crippen LogP contribution in [0.2, 0.25) is 0 Å². The molecule has 158 valence electrons. The fraction of sp³-hybridized carbons (Fsp3) is 0.731. The number of carbonyl (C=O) groups is 1. The Labute approximate surface area is 174 Å². The first-order chi connectivity index (χ1) is 13.8. The molecule has 0 spiro atoms. The summed E-state index contributed by atoms with van der Waals surface area (Å²) < 4.78 is 13.7. The van der Waals surface area contributed by atoms with Gasteiger partial charge >= 0.3 is 0 Å². The Morgan fingerprint density at radius 1 is 1.00 bits per heavy atom. The van der Waals surface area contributed by atoms with Gasteiger partial charge in [0.05, 0.1) is 5.60 Å². The summed E-state index contributed by atoms with van der Waals surface area (Å²) in [4.78, 5) is 13.3. The van der Waals surface area contributed by atoms with Crippen molar-refractivity contribution in [3.63, 3.8) is 0 Å². The topological polar surface area (TPSA) is 37.3 Å². The third-order valence-corrected chi connectivity index (χ3v) is 9.66. The molecule has 5 rings (SSSR count). The number of carbonyl (C=O) groups excluding carboxylic acids is 1. The predicted molar refractivity (Wildman–Crippen MR) is 112 cm³/mol. The fourth-order valence-corrected chi connectivity index (χ4v) is 8.36. The van der Waals surface area contributed by atoms with Gasteiger partial charge in [-0.25, -0.2) is 4.39 Å². The van der Waals surface area contributed by atoms with E-state index in [0.29, 0.717) is 17.4 Å². The summed E-state index contributed by atoms with van der Waals surface area (Å²) >= 11 is 0. The van der Waals surface area contributed by atoms with Gasteiger partial charge < -0.3 is 5.11 Å². The number of benzene rings is 1. The quantitative estimate of drug-likeness (QED) is 0.618. The number of fused-ring (bicyclic) bond motifs is 5. The van der Waals surface area contributed by atoms with Crippen LogP contribution in [-0.4, -0.2) is 16.5 Å². The Kier molecular flexibility index (Phi) is 4.70. The Hall–Kier alpha value is -1.22. The van der Waals surface area contributed by atoms with Crippen LogP contribution in [0.3, 0.4) is 0 Å². The van der Waals surface area contributed by atoms with Gasteiger partial charge in [0, 0.05) is 11.5 Å². The monoisotopic (exact) mass is 398 g/mol. The van der Waals surface area contributed by atoms with Crippen molar-refractivity contribution in [2.45, 2.75) is 77.2 Å². The van der Waals surface area contributed by atoms with Crippen LogP contribution in [0.4, 0.5) is 4.39 Å². The van der Waals surface area contributed by atoms with E-state index < -0.39 is 5.60 Å². The van der Waals surface area contributed by atoms with Crippen molar-refractivity contribution in [2.75, 3.05) is 0 Å². The molecule has 1 aromatic carbocycles. The van der Waals surface area contributed by atoms with Gasteiger partial charge in [0.25, 0.3) is 0 Å². The SMILES string of the molecule is C[C@@]1(O)CC[C@H]2[C@H](CC[C@@H]3[C@@H]2CC[C@]2(C)[C@@H](C(=O)c4cccc(F)c4)CC[C@@H]32)C1. The van der Waals surface area contributed by atoms with E-state index in [0.717, 1.165) is 49.9 Å². The molecule has 0 unspecified atom stereocenters. The van der Waals surface area contributed by atoms with Crippen LogP contribution in [0.15, 0.2) is 24.3 Å². The number of hydrogen-bond donors (Lipinski definition) is 1. The molecular weight excluding hydrogens is 363 g/mol. The molecule has 0 bridgehead atoms. The number of aliphatic hydroxyl groups is 1. The first-order valence-electron chi connectivity index (χ1n) is 11.8. The van der Waals surface area contributed by atoms with Crippen LogP contribution in [0.1, 0.15) is 82.0 Å². The lowest BCUT2D eigenvalue weighted by atomic mass is 9.49. The van der Waals surface area contributed by atoms with Crippen molar-refractivity contribution in [1.82, 2.24) is 0 Å². The van der Waals surface area contributed by atoms with E-state index in [9.17, 15) is 14.3 Å². The number of rotatable bonds is 2. The molecule has 0 saturated heterocycles. The smallest absolute Gasteiger partial charge is 0.166 e. The second-order valence-electron chi connectivity index (χ2n) is 11.2. The summed E-state index contributed by atoms with van der Waals surface area (Å²) in [6.45, 7) is 4.38. The average Bonchev–Trinajstić information content (AvgIpc) is 3.03. The molecule has 0 heterocycles. The molecule has 8 atom stereocenters. The number of ketones is 1. The highest BCUT2D eigenvalue weighted by Gasteiger charge is 2.58. The van der Waals surface area contributed by atoms with Crippen molar-refractivity contribution in [3.05, 3.63) is 35.6 Å². The van der Waals surface area contributed by atoms with Crippen LogP contribution in [0.5, 0.6) is 0 Å². The van der Waals surface area contributed by atoms with Gasteiger partial charge in [-0.15, -0.1) is 0 Å². The van der Waals surface area contributed by atoms with E-state index in [2.05, 4.69) is 6.92 Å². The molecule has 2 nitrogen and oxygen atoms in total. The van der Waals surface area contributed by atoms with E-state index in [1.54, 1.807) is 12.1 Å². The van der Waals surface area contributed by atoms with Crippen molar-refractivity contribution >= 4 is 5.78 Å². The predicted octanol–water partition coefficient (Wildman–Crippen LogP) is 6.03. The molecule has 4 saturated carbocycles. The Morgan fingerprint density at radius 2 is 1.79 bits per heavy atom. The normalized spacial score (nSPS) is 46.5. The Morgan fingerprint density at radius 3 is 2.59 bits per heavy atom. The zero-order chi connectivity index (χ0) is 20.4. The molecule has 0 radical (unpaired) electrons. The minimum absolute atomic E-state index is 0.0417. The van der Waals surface area contributed by atoms with Crippen molar-refractivity contribution in [1.29, 1.82) is 0 Å². The highest BCUT2D eigenvalue weighted by molar-refractivity contribution is 5.98. The first-order valence-corrected chi connectivity index (χ1v) is 11.8. The van der Waals surface area contributed by atoms with Gasteiger partial charge in [-0.3, -0.25) is 4.79 Å². The molecule has 3 heteroatoms. The van der Waals surface area contributed by atoms with Gasteiger partial charge in [0.2, 0.25) is 0 Å². The third kappa shape index (κ3) is 3.19. The van der Waals surface area contributed by atoms with E-state index in [1.165, 1.54) is 37.8 Å². The zero-order valence-electron chi connectivity index (χ0n) is 17.9. The minimum Gasteiger partial charge on any atom is -0.390 e.